The van der Waals surface area contributed by atoms with Crippen molar-refractivity contribution in [2.45, 2.75) is 31.3 Å². The summed E-state index contributed by atoms with van der Waals surface area (Å²) in [5, 5.41) is 8.80. The summed E-state index contributed by atoms with van der Waals surface area (Å²) in [7, 11) is 0. The van der Waals surface area contributed by atoms with Gasteiger partial charge in [-0.3, -0.25) is 9.78 Å². The van der Waals surface area contributed by atoms with Gasteiger partial charge in [-0.1, -0.05) is 17.7 Å². The second-order valence-electron chi connectivity index (χ2n) is 7.10. The number of hydrogen-bond acceptors (Lipinski definition) is 4. The van der Waals surface area contributed by atoms with Crippen molar-refractivity contribution in [3.63, 3.8) is 0 Å². The predicted octanol–water partition coefficient (Wildman–Crippen LogP) is 5.19. The Kier molecular flexibility index (Phi) is 6.29. The van der Waals surface area contributed by atoms with Crippen LogP contribution in [-0.2, 0) is 6.18 Å². The Morgan fingerprint density at radius 1 is 1.22 bits per heavy atom. The van der Waals surface area contributed by atoms with E-state index >= 15 is 0 Å². The quantitative estimate of drug-likeness (QED) is 0.568. The molecule has 1 aliphatic heterocycles. The average molecular weight is 478 g/mol. The summed E-state index contributed by atoms with van der Waals surface area (Å²) in [4.78, 5) is 17.6. The third-order valence-electron chi connectivity index (χ3n) is 4.92. The van der Waals surface area contributed by atoms with Crippen molar-refractivity contribution in [3.8, 4) is 11.8 Å². The zero-order chi connectivity index (χ0) is 23.8. The largest absolute Gasteiger partial charge is 0.480 e. The topological polar surface area (TPSA) is 66.2 Å². The lowest BCUT2D eigenvalue weighted by Gasteiger charge is -2.40. The van der Waals surface area contributed by atoms with Gasteiger partial charge in [-0.25, -0.2) is 0 Å². The van der Waals surface area contributed by atoms with Crippen molar-refractivity contribution in [3.05, 3.63) is 57.9 Å². The van der Waals surface area contributed by atoms with Crippen LogP contribution in [0.4, 0.5) is 26.3 Å². The number of carbonyl (C=O) groups is 1. The molecule has 1 unspecified atom stereocenters. The van der Waals surface area contributed by atoms with Gasteiger partial charge in [0, 0.05) is 25.2 Å². The van der Waals surface area contributed by atoms with E-state index in [9.17, 15) is 31.1 Å². The summed E-state index contributed by atoms with van der Waals surface area (Å²) in [6.45, 7) is 0.915. The van der Waals surface area contributed by atoms with Crippen LogP contribution in [0.15, 0.2) is 30.5 Å². The third kappa shape index (κ3) is 4.75. The first-order valence-electron chi connectivity index (χ1n) is 9.11. The molecule has 0 N–H and O–H groups in total. The van der Waals surface area contributed by atoms with Gasteiger partial charge in [0.2, 0.25) is 0 Å². The highest BCUT2D eigenvalue weighted by Gasteiger charge is 2.40. The zero-order valence-corrected chi connectivity index (χ0v) is 17.0. The van der Waals surface area contributed by atoms with E-state index in [4.69, 9.17) is 21.6 Å². The molecule has 0 saturated carbocycles. The molecular weight excluding hydrogens is 464 g/mol. The van der Waals surface area contributed by atoms with Crippen LogP contribution in [-0.4, -0.2) is 41.2 Å². The molecule has 1 saturated heterocycles. The van der Waals surface area contributed by atoms with Gasteiger partial charge in [-0.05, 0) is 30.7 Å². The number of nitrogens with zero attached hydrogens (tertiary/aromatic N) is 3. The molecule has 2 heterocycles. The van der Waals surface area contributed by atoms with Crippen molar-refractivity contribution in [1.82, 2.24) is 9.88 Å². The SMILES string of the molecule is CC(Oc1ccc(C#N)c(Cl)c1C(=O)N1CC(c2ccc(C(F)(F)F)nc2)C1)C(F)(F)F. The van der Waals surface area contributed by atoms with Crippen molar-refractivity contribution in [2.24, 2.45) is 0 Å². The van der Waals surface area contributed by atoms with E-state index in [1.807, 2.05) is 0 Å². The van der Waals surface area contributed by atoms with Crippen LogP contribution in [0.5, 0.6) is 5.75 Å². The van der Waals surface area contributed by atoms with Crippen LogP contribution in [0.3, 0.4) is 0 Å². The monoisotopic (exact) mass is 477 g/mol. The Morgan fingerprint density at radius 3 is 2.38 bits per heavy atom. The highest BCUT2D eigenvalue weighted by molar-refractivity contribution is 6.35. The van der Waals surface area contributed by atoms with Gasteiger partial charge in [0.25, 0.3) is 5.91 Å². The molecule has 0 spiro atoms. The molecule has 170 valence electrons. The van der Waals surface area contributed by atoms with E-state index in [2.05, 4.69) is 4.98 Å². The highest BCUT2D eigenvalue weighted by atomic mass is 35.5. The number of benzene rings is 1. The second kappa shape index (κ2) is 8.50. The molecule has 0 bridgehead atoms. The number of alkyl halides is 6. The Morgan fingerprint density at radius 2 is 1.88 bits per heavy atom. The Balaban J connectivity index is 1.80. The van der Waals surface area contributed by atoms with Crippen LogP contribution in [0.25, 0.3) is 0 Å². The zero-order valence-electron chi connectivity index (χ0n) is 16.3. The first kappa shape index (κ1) is 23.7. The minimum atomic E-state index is -4.70. The van der Waals surface area contributed by atoms with Gasteiger partial charge in [0.1, 0.15) is 23.1 Å². The highest BCUT2D eigenvalue weighted by Crippen LogP contribution is 2.37. The van der Waals surface area contributed by atoms with Crippen molar-refractivity contribution >= 4 is 17.5 Å². The molecule has 2 aromatic rings. The predicted molar refractivity (Wildman–Crippen MR) is 100 cm³/mol. The van der Waals surface area contributed by atoms with E-state index in [-0.39, 0.29) is 35.2 Å². The fourth-order valence-electron chi connectivity index (χ4n) is 3.03. The van der Waals surface area contributed by atoms with E-state index < -0.39 is 35.8 Å². The summed E-state index contributed by atoms with van der Waals surface area (Å²) in [6.07, 6.45) is -10.4. The Hall–Kier alpha value is -3.00. The maximum Gasteiger partial charge on any atom is 0.433 e. The van der Waals surface area contributed by atoms with Crippen LogP contribution >= 0.6 is 11.6 Å². The third-order valence-corrected chi connectivity index (χ3v) is 5.31. The van der Waals surface area contributed by atoms with Crippen LogP contribution in [0.2, 0.25) is 5.02 Å². The molecule has 1 amide bonds. The van der Waals surface area contributed by atoms with Crippen molar-refractivity contribution in [2.75, 3.05) is 13.1 Å². The Bertz CT molecular complexity index is 1060. The number of rotatable bonds is 4. The van der Waals surface area contributed by atoms with Crippen LogP contribution in [0, 0.1) is 11.3 Å². The summed E-state index contributed by atoms with van der Waals surface area (Å²) in [5.74, 6) is -1.50. The lowest BCUT2D eigenvalue weighted by molar-refractivity contribution is -0.189. The standard InChI is InChI=1S/C20H14ClF6N3O2/c1-10(19(22,23)24)32-14-4-2-11(6-28)17(21)16(14)18(31)30-8-13(9-30)12-3-5-15(29-7-12)20(25,26)27/h2-5,7,10,13H,8-9H2,1H3. The summed E-state index contributed by atoms with van der Waals surface area (Å²) < 4.78 is 81.6. The summed E-state index contributed by atoms with van der Waals surface area (Å²) in [5.41, 5.74) is -1.08. The molecule has 1 atom stereocenters. The van der Waals surface area contributed by atoms with Gasteiger partial charge in [-0.2, -0.15) is 31.6 Å². The number of ether oxygens (including phenoxy) is 1. The minimum absolute atomic E-state index is 0.0766. The molecule has 1 aromatic carbocycles. The fraction of sp³-hybridized carbons (Fsp3) is 0.350. The molecule has 0 radical (unpaired) electrons. The number of carbonyl (C=O) groups excluding carboxylic acids is 1. The summed E-state index contributed by atoms with van der Waals surface area (Å²) >= 11 is 6.10. The molecule has 5 nitrogen and oxygen atoms in total. The van der Waals surface area contributed by atoms with Gasteiger partial charge >= 0.3 is 12.4 Å². The number of pyridine rings is 1. The number of aromatic nitrogens is 1. The molecule has 1 aliphatic rings. The normalized spacial score (nSPS) is 15.7. The molecule has 32 heavy (non-hydrogen) atoms. The Labute approximate surface area is 183 Å². The molecule has 0 aliphatic carbocycles. The molecule has 12 heteroatoms. The lowest BCUT2D eigenvalue weighted by atomic mass is 9.91. The number of amides is 1. The van der Waals surface area contributed by atoms with Crippen molar-refractivity contribution < 1.29 is 35.9 Å². The number of likely N-dealkylation sites (tertiary alicyclic amines) is 1. The molecular formula is C20H14ClF6N3O2. The number of nitriles is 1. The maximum atomic E-state index is 12.9. The van der Waals surface area contributed by atoms with Gasteiger partial charge in [-0.15, -0.1) is 0 Å². The number of halogens is 7. The fourth-order valence-corrected chi connectivity index (χ4v) is 3.31. The van der Waals surface area contributed by atoms with Gasteiger partial charge < -0.3 is 9.64 Å². The van der Waals surface area contributed by atoms with E-state index in [1.54, 1.807) is 6.07 Å². The number of hydrogen-bond donors (Lipinski definition) is 0. The van der Waals surface area contributed by atoms with Gasteiger partial charge in [0.05, 0.1) is 10.6 Å². The van der Waals surface area contributed by atoms with Gasteiger partial charge in [0.15, 0.2) is 6.10 Å². The first-order chi connectivity index (χ1) is 14.8. The van der Waals surface area contributed by atoms with Crippen LogP contribution < -0.4 is 4.74 Å². The van der Waals surface area contributed by atoms with E-state index in [0.717, 1.165) is 31.3 Å². The minimum Gasteiger partial charge on any atom is -0.480 e. The average Bonchev–Trinajstić information content (AvgIpc) is 2.66. The van der Waals surface area contributed by atoms with Crippen LogP contribution in [0.1, 0.15) is 40.0 Å². The maximum absolute atomic E-state index is 12.9. The summed E-state index contributed by atoms with van der Waals surface area (Å²) in [6, 6.07) is 6.04. The molecule has 3 rings (SSSR count). The smallest absolute Gasteiger partial charge is 0.433 e. The molecule has 1 fully saturated rings. The second-order valence-corrected chi connectivity index (χ2v) is 7.47. The first-order valence-corrected chi connectivity index (χ1v) is 9.49. The van der Waals surface area contributed by atoms with E-state index in [1.165, 1.54) is 11.0 Å². The molecule has 1 aromatic heterocycles. The van der Waals surface area contributed by atoms with Crippen molar-refractivity contribution in [1.29, 1.82) is 5.26 Å². The lowest BCUT2D eigenvalue weighted by Crippen LogP contribution is -2.48. The van der Waals surface area contributed by atoms with E-state index in [0.29, 0.717) is 5.56 Å².